The second-order valence-electron chi connectivity index (χ2n) is 8.18. The van der Waals surface area contributed by atoms with Gasteiger partial charge in [-0.2, -0.15) is 10.5 Å². The number of nitrogens with one attached hydrogen (secondary N) is 1. The van der Waals surface area contributed by atoms with E-state index in [0.29, 0.717) is 36.5 Å². The molecule has 2 N–H and O–H groups in total. The predicted octanol–water partition coefficient (Wildman–Crippen LogP) is 4.12. The first-order chi connectivity index (χ1) is 18.9. The molecule has 198 valence electrons. The molecular weight excluding hydrogens is 502 g/mol. The van der Waals surface area contributed by atoms with Gasteiger partial charge < -0.3 is 24.6 Å². The lowest BCUT2D eigenvalue weighted by Gasteiger charge is -2.11. The number of benzene rings is 3. The number of hydrogen-bond donors (Lipinski definition) is 2. The van der Waals surface area contributed by atoms with Crippen LogP contribution in [0.1, 0.15) is 56.7 Å². The summed E-state index contributed by atoms with van der Waals surface area (Å²) in [5.41, 5.74) is 1.05. The van der Waals surface area contributed by atoms with Crippen LogP contribution in [0.4, 0.5) is 5.69 Å². The molecule has 0 aliphatic carbocycles. The molecule has 0 aromatic heterocycles. The van der Waals surface area contributed by atoms with E-state index in [1.165, 1.54) is 43.5 Å². The molecule has 1 amide bonds. The lowest BCUT2D eigenvalue weighted by molar-refractivity contribution is -0.138. The molecule has 10 nitrogen and oxygen atoms in total. The monoisotopic (exact) mass is 527 g/mol. The fraction of sp³-hybridized carbons (Fsp3) is 0.207. The summed E-state index contributed by atoms with van der Waals surface area (Å²) in [4.78, 5) is 37.7. The third-order valence-electron chi connectivity index (χ3n) is 5.59. The van der Waals surface area contributed by atoms with Crippen LogP contribution in [0.25, 0.3) is 0 Å². The fourth-order valence-electron chi connectivity index (χ4n) is 3.59. The Morgan fingerprint density at radius 3 is 2.36 bits per heavy atom. The molecule has 0 radical (unpaired) electrons. The highest BCUT2D eigenvalue weighted by Gasteiger charge is 2.20. The minimum atomic E-state index is -0.962. The van der Waals surface area contributed by atoms with Crippen molar-refractivity contribution in [1.29, 1.82) is 10.5 Å². The molecule has 0 spiro atoms. The SMILES string of the molecule is COc1cc(OCCCCC(=O)OC(=O)c2ccccc2C(=O)Nc2ccc(C#N)c(C#N)c2)ccc1CO. The zero-order chi connectivity index (χ0) is 28.2. The number of aliphatic hydroxyl groups is 1. The molecule has 3 rings (SSSR count). The largest absolute Gasteiger partial charge is 0.496 e. The number of rotatable bonds is 11. The van der Waals surface area contributed by atoms with Gasteiger partial charge in [-0.15, -0.1) is 0 Å². The standard InChI is InChI=1S/C29H25N3O7/c1-37-26-15-23(12-10-20(26)18-33)38-13-5-4-8-27(34)39-29(36)25-7-3-2-6-24(25)28(35)32-22-11-9-19(16-30)21(14-22)17-31/h2-3,6-7,9-12,14-15,33H,4-5,8,13,18H2,1H3,(H,32,35). The molecule has 0 saturated carbocycles. The number of carbonyl (C=O) groups is 3. The summed E-state index contributed by atoms with van der Waals surface area (Å²) < 4.78 is 15.8. The van der Waals surface area contributed by atoms with E-state index < -0.39 is 17.8 Å². The maximum atomic E-state index is 12.8. The van der Waals surface area contributed by atoms with E-state index in [2.05, 4.69) is 5.32 Å². The van der Waals surface area contributed by atoms with Crippen LogP contribution in [-0.2, 0) is 16.1 Å². The highest BCUT2D eigenvalue weighted by molar-refractivity contribution is 6.12. The average Bonchev–Trinajstić information content (AvgIpc) is 2.96. The van der Waals surface area contributed by atoms with Crippen molar-refractivity contribution in [2.75, 3.05) is 19.0 Å². The van der Waals surface area contributed by atoms with Crippen LogP contribution in [0.5, 0.6) is 11.5 Å². The Bertz CT molecular complexity index is 1450. The van der Waals surface area contributed by atoms with E-state index in [-0.39, 0.29) is 41.0 Å². The Morgan fingerprint density at radius 1 is 0.923 bits per heavy atom. The molecule has 0 heterocycles. The van der Waals surface area contributed by atoms with Gasteiger partial charge in [0, 0.05) is 23.7 Å². The van der Waals surface area contributed by atoms with Crippen LogP contribution in [0.2, 0.25) is 0 Å². The normalized spacial score (nSPS) is 10.1. The molecular formula is C29H25N3O7. The van der Waals surface area contributed by atoms with Crippen LogP contribution in [0.3, 0.4) is 0 Å². The van der Waals surface area contributed by atoms with E-state index in [1.54, 1.807) is 24.3 Å². The molecule has 39 heavy (non-hydrogen) atoms. The van der Waals surface area contributed by atoms with Crippen LogP contribution in [0.15, 0.2) is 60.7 Å². The number of hydrogen-bond acceptors (Lipinski definition) is 9. The van der Waals surface area contributed by atoms with Crippen LogP contribution < -0.4 is 14.8 Å². The summed E-state index contributed by atoms with van der Waals surface area (Å²) in [6.45, 7) is 0.161. The topological polar surface area (TPSA) is 159 Å². The molecule has 0 saturated heterocycles. The molecule has 0 aliphatic rings. The minimum Gasteiger partial charge on any atom is -0.496 e. The molecule has 0 unspecified atom stereocenters. The smallest absolute Gasteiger partial charge is 0.346 e. The van der Waals surface area contributed by atoms with Crippen molar-refractivity contribution < 1.29 is 33.7 Å². The minimum absolute atomic E-state index is 0.0192. The van der Waals surface area contributed by atoms with Crippen molar-refractivity contribution in [3.63, 3.8) is 0 Å². The summed E-state index contributed by atoms with van der Waals surface area (Å²) in [6.07, 6.45) is 0.889. The number of aliphatic hydroxyl groups excluding tert-OH is 1. The molecule has 10 heteroatoms. The lowest BCUT2D eigenvalue weighted by atomic mass is 10.1. The fourth-order valence-corrected chi connectivity index (χ4v) is 3.59. The van der Waals surface area contributed by atoms with Gasteiger partial charge in [-0.25, -0.2) is 4.79 Å². The number of methoxy groups -OCH3 is 1. The maximum Gasteiger partial charge on any atom is 0.346 e. The van der Waals surface area contributed by atoms with Crippen molar-refractivity contribution in [1.82, 2.24) is 0 Å². The highest BCUT2D eigenvalue weighted by atomic mass is 16.6. The highest BCUT2D eigenvalue weighted by Crippen LogP contribution is 2.25. The third kappa shape index (κ3) is 7.65. The van der Waals surface area contributed by atoms with Gasteiger partial charge >= 0.3 is 11.9 Å². The van der Waals surface area contributed by atoms with E-state index in [9.17, 15) is 24.8 Å². The van der Waals surface area contributed by atoms with Gasteiger partial charge in [0.25, 0.3) is 5.91 Å². The van der Waals surface area contributed by atoms with Gasteiger partial charge in [0.2, 0.25) is 0 Å². The molecule has 0 atom stereocenters. The van der Waals surface area contributed by atoms with E-state index in [4.69, 9.17) is 19.5 Å². The Kier molecular flexibility index (Phi) is 10.1. The van der Waals surface area contributed by atoms with Gasteiger partial charge in [0.1, 0.15) is 23.6 Å². The van der Waals surface area contributed by atoms with Crippen molar-refractivity contribution in [3.05, 3.63) is 88.5 Å². The van der Waals surface area contributed by atoms with Gasteiger partial charge in [0.15, 0.2) is 0 Å². The zero-order valence-corrected chi connectivity index (χ0v) is 21.1. The quantitative estimate of drug-likeness (QED) is 0.212. The Morgan fingerprint density at radius 2 is 1.67 bits per heavy atom. The second kappa shape index (κ2) is 13.9. The first-order valence-corrected chi connectivity index (χ1v) is 11.9. The Hall–Kier alpha value is -5.19. The van der Waals surface area contributed by atoms with Gasteiger partial charge in [-0.1, -0.05) is 12.1 Å². The molecule has 0 fully saturated rings. The Balaban J connectivity index is 1.52. The summed E-state index contributed by atoms with van der Waals surface area (Å²) in [7, 11) is 1.50. The van der Waals surface area contributed by atoms with Crippen molar-refractivity contribution in [2.45, 2.75) is 25.9 Å². The van der Waals surface area contributed by atoms with Crippen LogP contribution in [-0.4, -0.2) is 36.7 Å². The predicted molar refractivity (Wildman–Crippen MR) is 139 cm³/mol. The number of nitriles is 2. The summed E-state index contributed by atoms with van der Waals surface area (Å²) in [6, 6.07) is 18.9. The van der Waals surface area contributed by atoms with Crippen molar-refractivity contribution in [2.24, 2.45) is 0 Å². The lowest BCUT2D eigenvalue weighted by Crippen LogP contribution is -2.19. The first kappa shape index (κ1) is 28.4. The maximum absolute atomic E-state index is 12.8. The third-order valence-corrected chi connectivity index (χ3v) is 5.59. The number of amides is 1. The number of unbranched alkanes of at least 4 members (excludes halogenated alkanes) is 1. The Labute approximate surface area is 225 Å². The zero-order valence-electron chi connectivity index (χ0n) is 21.1. The average molecular weight is 528 g/mol. The summed E-state index contributed by atoms with van der Waals surface area (Å²) in [5.74, 6) is -1.29. The van der Waals surface area contributed by atoms with E-state index >= 15 is 0 Å². The van der Waals surface area contributed by atoms with Crippen molar-refractivity contribution in [3.8, 4) is 23.6 Å². The molecule has 3 aromatic rings. The summed E-state index contributed by atoms with van der Waals surface area (Å²) >= 11 is 0. The van der Waals surface area contributed by atoms with E-state index in [0.717, 1.165) is 0 Å². The number of esters is 2. The molecule has 3 aromatic carbocycles. The van der Waals surface area contributed by atoms with Gasteiger partial charge in [0.05, 0.1) is 42.6 Å². The van der Waals surface area contributed by atoms with Gasteiger partial charge in [-0.3, -0.25) is 9.59 Å². The first-order valence-electron chi connectivity index (χ1n) is 11.9. The number of ether oxygens (including phenoxy) is 3. The summed E-state index contributed by atoms with van der Waals surface area (Å²) in [5, 5.41) is 30.1. The van der Waals surface area contributed by atoms with Gasteiger partial charge in [-0.05, 0) is 55.3 Å². The molecule has 0 bridgehead atoms. The molecule has 0 aliphatic heterocycles. The number of carbonyl (C=O) groups excluding carboxylic acids is 3. The second-order valence-corrected chi connectivity index (χ2v) is 8.18. The number of nitrogens with zero attached hydrogens (tertiary/aromatic N) is 2. The van der Waals surface area contributed by atoms with E-state index in [1.807, 2.05) is 12.1 Å². The van der Waals surface area contributed by atoms with Crippen molar-refractivity contribution >= 4 is 23.5 Å². The van der Waals surface area contributed by atoms with Crippen LogP contribution >= 0.6 is 0 Å². The number of anilines is 1. The van der Waals surface area contributed by atoms with Crippen LogP contribution in [0, 0.1) is 22.7 Å².